The SMILES string of the molecule is CCN1Cc2c(cc3c(c2OC)OCO3)[C@H](O)C1. The zero-order chi connectivity index (χ0) is 12.7. The van der Waals surface area contributed by atoms with Crippen LogP contribution in [0.3, 0.4) is 0 Å². The highest BCUT2D eigenvalue weighted by atomic mass is 16.7. The number of fused-ring (bicyclic) bond motifs is 2. The highest BCUT2D eigenvalue weighted by molar-refractivity contribution is 5.61. The summed E-state index contributed by atoms with van der Waals surface area (Å²) in [5.74, 6) is 2.01. The molecule has 0 saturated heterocycles. The Bertz CT molecular complexity index is 475. The summed E-state index contributed by atoms with van der Waals surface area (Å²) in [7, 11) is 1.62. The summed E-state index contributed by atoms with van der Waals surface area (Å²) >= 11 is 0. The molecule has 3 rings (SSSR count). The molecular formula is C13H17NO4. The first-order valence-electron chi connectivity index (χ1n) is 6.14. The fourth-order valence-corrected chi connectivity index (χ4v) is 2.62. The molecule has 5 heteroatoms. The summed E-state index contributed by atoms with van der Waals surface area (Å²) in [5.41, 5.74) is 1.89. The molecular weight excluding hydrogens is 234 g/mol. The van der Waals surface area contributed by atoms with Crippen LogP contribution in [0.2, 0.25) is 0 Å². The molecule has 0 unspecified atom stereocenters. The van der Waals surface area contributed by atoms with E-state index in [0.29, 0.717) is 23.8 Å². The zero-order valence-electron chi connectivity index (χ0n) is 10.6. The standard InChI is InChI=1S/C13H17NO4/c1-3-14-5-9-8(10(15)6-14)4-11-13(12(9)16-2)18-7-17-11/h4,10,15H,3,5-7H2,1-2H3/t10-/m1/s1. The lowest BCUT2D eigenvalue weighted by Gasteiger charge is -2.32. The third-order valence-corrected chi connectivity index (χ3v) is 3.58. The first-order valence-corrected chi connectivity index (χ1v) is 6.14. The van der Waals surface area contributed by atoms with E-state index in [0.717, 1.165) is 24.2 Å². The van der Waals surface area contributed by atoms with Gasteiger partial charge in [-0.1, -0.05) is 6.92 Å². The van der Waals surface area contributed by atoms with Crippen molar-refractivity contribution in [1.82, 2.24) is 4.90 Å². The molecule has 0 spiro atoms. The van der Waals surface area contributed by atoms with Crippen molar-refractivity contribution in [1.29, 1.82) is 0 Å². The zero-order valence-corrected chi connectivity index (χ0v) is 10.6. The monoisotopic (exact) mass is 251 g/mol. The number of likely N-dealkylation sites (N-methyl/N-ethyl adjacent to an activating group) is 1. The van der Waals surface area contributed by atoms with E-state index in [1.54, 1.807) is 7.11 Å². The fraction of sp³-hybridized carbons (Fsp3) is 0.538. The van der Waals surface area contributed by atoms with Gasteiger partial charge in [0, 0.05) is 18.7 Å². The van der Waals surface area contributed by atoms with Crippen LogP contribution in [0.15, 0.2) is 6.07 Å². The topological polar surface area (TPSA) is 51.2 Å². The maximum atomic E-state index is 10.2. The predicted octanol–water partition coefficient (Wildman–Crippen LogP) is 1.29. The van der Waals surface area contributed by atoms with Crippen LogP contribution in [0.1, 0.15) is 24.2 Å². The number of aliphatic hydroxyl groups is 1. The third kappa shape index (κ3) is 1.62. The van der Waals surface area contributed by atoms with Gasteiger partial charge in [0.25, 0.3) is 0 Å². The van der Waals surface area contributed by atoms with Crippen molar-refractivity contribution in [3.8, 4) is 17.2 Å². The number of aliphatic hydroxyl groups excluding tert-OH is 1. The van der Waals surface area contributed by atoms with Gasteiger partial charge >= 0.3 is 0 Å². The first-order chi connectivity index (χ1) is 8.74. The quantitative estimate of drug-likeness (QED) is 0.858. The molecule has 1 aromatic rings. The van der Waals surface area contributed by atoms with Crippen molar-refractivity contribution in [2.24, 2.45) is 0 Å². The number of nitrogens with zero attached hydrogens (tertiary/aromatic N) is 1. The molecule has 2 aliphatic heterocycles. The molecule has 1 aromatic carbocycles. The Morgan fingerprint density at radius 1 is 1.50 bits per heavy atom. The van der Waals surface area contributed by atoms with Crippen LogP contribution in [-0.4, -0.2) is 37.0 Å². The number of hydrogen-bond acceptors (Lipinski definition) is 5. The molecule has 0 radical (unpaired) electrons. The lowest BCUT2D eigenvalue weighted by molar-refractivity contribution is 0.0942. The number of rotatable bonds is 2. The fourth-order valence-electron chi connectivity index (χ4n) is 2.62. The Balaban J connectivity index is 2.13. The van der Waals surface area contributed by atoms with E-state index in [2.05, 4.69) is 11.8 Å². The molecule has 0 saturated carbocycles. The molecule has 5 nitrogen and oxygen atoms in total. The average Bonchev–Trinajstić information content (AvgIpc) is 2.84. The van der Waals surface area contributed by atoms with E-state index in [4.69, 9.17) is 14.2 Å². The van der Waals surface area contributed by atoms with E-state index >= 15 is 0 Å². The Kier molecular flexibility index (Phi) is 2.80. The molecule has 1 atom stereocenters. The van der Waals surface area contributed by atoms with Gasteiger partial charge in [-0.15, -0.1) is 0 Å². The van der Waals surface area contributed by atoms with Crippen LogP contribution in [0.5, 0.6) is 17.2 Å². The lowest BCUT2D eigenvalue weighted by Crippen LogP contribution is -2.33. The van der Waals surface area contributed by atoms with E-state index in [9.17, 15) is 5.11 Å². The van der Waals surface area contributed by atoms with Crippen LogP contribution in [0.4, 0.5) is 0 Å². The summed E-state index contributed by atoms with van der Waals surface area (Å²) in [5, 5.41) is 10.2. The van der Waals surface area contributed by atoms with E-state index in [1.807, 2.05) is 6.07 Å². The van der Waals surface area contributed by atoms with Crippen molar-refractivity contribution in [3.05, 3.63) is 17.2 Å². The number of benzene rings is 1. The molecule has 98 valence electrons. The molecule has 2 heterocycles. The van der Waals surface area contributed by atoms with Gasteiger partial charge in [0.15, 0.2) is 11.5 Å². The van der Waals surface area contributed by atoms with Crippen molar-refractivity contribution >= 4 is 0 Å². The highest BCUT2D eigenvalue weighted by Crippen LogP contribution is 2.48. The van der Waals surface area contributed by atoms with Gasteiger partial charge < -0.3 is 19.3 Å². The van der Waals surface area contributed by atoms with Gasteiger partial charge in [0.2, 0.25) is 12.5 Å². The minimum Gasteiger partial charge on any atom is -0.492 e. The Labute approximate surface area is 106 Å². The maximum absolute atomic E-state index is 10.2. The van der Waals surface area contributed by atoms with Gasteiger partial charge in [-0.05, 0) is 18.2 Å². The van der Waals surface area contributed by atoms with Crippen LogP contribution in [0.25, 0.3) is 0 Å². The van der Waals surface area contributed by atoms with Crippen molar-refractivity contribution < 1.29 is 19.3 Å². The number of hydrogen-bond donors (Lipinski definition) is 1. The maximum Gasteiger partial charge on any atom is 0.231 e. The van der Waals surface area contributed by atoms with Gasteiger partial charge in [0.05, 0.1) is 13.2 Å². The van der Waals surface area contributed by atoms with E-state index in [-0.39, 0.29) is 6.79 Å². The van der Waals surface area contributed by atoms with Crippen LogP contribution in [0, 0.1) is 0 Å². The first kappa shape index (κ1) is 11.6. The van der Waals surface area contributed by atoms with Crippen molar-refractivity contribution in [3.63, 3.8) is 0 Å². The second kappa shape index (κ2) is 4.33. The summed E-state index contributed by atoms with van der Waals surface area (Å²) < 4.78 is 16.3. The normalized spacial score (nSPS) is 21.8. The minimum atomic E-state index is -0.503. The predicted molar refractivity (Wildman–Crippen MR) is 65.0 cm³/mol. The number of methoxy groups -OCH3 is 1. The van der Waals surface area contributed by atoms with E-state index in [1.165, 1.54) is 0 Å². The number of ether oxygens (including phenoxy) is 3. The molecule has 0 amide bonds. The lowest BCUT2D eigenvalue weighted by atomic mass is 9.95. The number of β-amino-alcohol motifs (C(OH)–C–C–N with tert-alkyl or cyclic N) is 1. The van der Waals surface area contributed by atoms with Gasteiger partial charge in [0.1, 0.15) is 0 Å². The van der Waals surface area contributed by atoms with Crippen LogP contribution >= 0.6 is 0 Å². The largest absolute Gasteiger partial charge is 0.492 e. The average molecular weight is 251 g/mol. The minimum absolute atomic E-state index is 0.210. The third-order valence-electron chi connectivity index (χ3n) is 3.58. The van der Waals surface area contributed by atoms with Crippen LogP contribution < -0.4 is 14.2 Å². The summed E-state index contributed by atoms with van der Waals surface area (Å²) in [6.07, 6.45) is -0.503. The Morgan fingerprint density at radius 3 is 3.06 bits per heavy atom. The van der Waals surface area contributed by atoms with Crippen molar-refractivity contribution in [2.75, 3.05) is 27.0 Å². The molecule has 2 aliphatic rings. The molecule has 0 fully saturated rings. The molecule has 0 aromatic heterocycles. The van der Waals surface area contributed by atoms with E-state index < -0.39 is 6.10 Å². The Morgan fingerprint density at radius 2 is 2.33 bits per heavy atom. The van der Waals surface area contributed by atoms with Crippen LogP contribution in [-0.2, 0) is 6.54 Å². The second-order valence-corrected chi connectivity index (χ2v) is 4.55. The highest BCUT2D eigenvalue weighted by Gasteiger charge is 2.31. The van der Waals surface area contributed by atoms with Gasteiger partial charge in [-0.2, -0.15) is 0 Å². The second-order valence-electron chi connectivity index (χ2n) is 4.55. The summed E-state index contributed by atoms with van der Waals surface area (Å²) in [6.45, 7) is 4.60. The Hall–Kier alpha value is -1.46. The molecule has 0 bridgehead atoms. The summed E-state index contributed by atoms with van der Waals surface area (Å²) in [4.78, 5) is 2.18. The van der Waals surface area contributed by atoms with Gasteiger partial charge in [-0.25, -0.2) is 0 Å². The molecule has 0 aliphatic carbocycles. The van der Waals surface area contributed by atoms with Crippen molar-refractivity contribution in [2.45, 2.75) is 19.6 Å². The molecule has 18 heavy (non-hydrogen) atoms. The summed E-state index contributed by atoms with van der Waals surface area (Å²) in [6, 6.07) is 1.87. The smallest absolute Gasteiger partial charge is 0.231 e. The van der Waals surface area contributed by atoms with Gasteiger partial charge in [-0.3, -0.25) is 4.90 Å². The molecule has 1 N–H and O–H groups in total.